The van der Waals surface area contributed by atoms with Gasteiger partial charge in [0.1, 0.15) is 0 Å². The van der Waals surface area contributed by atoms with Crippen molar-refractivity contribution in [2.24, 2.45) is 11.8 Å². The quantitative estimate of drug-likeness (QED) is 0.724. The molecule has 1 aliphatic carbocycles. The summed E-state index contributed by atoms with van der Waals surface area (Å²) < 4.78 is 5.72. The zero-order valence-electron chi connectivity index (χ0n) is 9.58. The molecule has 0 aromatic heterocycles. The number of amides is 1. The van der Waals surface area contributed by atoms with Crippen LogP contribution < -0.4 is 10.6 Å². The van der Waals surface area contributed by atoms with Gasteiger partial charge in [-0.3, -0.25) is 4.79 Å². The van der Waals surface area contributed by atoms with Crippen LogP contribution in [0.25, 0.3) is 0 Å². The van der Waals surface area contributed by atoms with E-state index >= 15 is 0 Å². The Balaban J connectivity index is 1.54. The van der Waals surface area contributed by atoms with E-state index in [0.29, 0.717) is 6.10 Å². The standard InChI is InChI=1S/C12H20N2O2/c15-12(9-3-5-13-7-9)14-10-4-6-16-11(10)8-1-2-8/h8-11,13H,1-7H2,(H,14,15). The first-order valence-corrected chi connectivity index (χ1v) is 6.47. The van der Waals surface area contributed by atoms with E-state index in [0.717, 1.165) is 38.5 Å². The van der Waals surface area contributed by atoms with E-state index < -0.39 is 0 Å². The summed E-state index contributed by atoms with van der Waals surface area (Å²) in [4.78, 5) is 12.0. The van der Waals surface area contributed by atoms with Crippen LogP contribution in [0.15, 0.2) is 0 Å². The smallest absolute Gasteiger partial charge is 0.224 e. The molecule has 0 spiro atoms. The van der Waals surface area contributed by atoms with Crippen molar-refractivity contribution in [3.63, 3.8) is 0 Å². The van der Waals surface area contributed by atoms with Crippen LogP contribution in [0.3, 0.4) is 0 Å². The second-order valence-electron chi connectivity index (χ2n) is 5.27. The monoisotopic (exact) mass is 224 g/mol. The molecule has 0 bridgehead atoms. The molecule has 3 atom stereocenters. The maximum absolute atomic E-state index is 12.0. The highest BCUT2D eigenvalue weighted by atomic mass is 16.5. The number of carbonyl (C=O) groups is 1. The summed E-state index contributed by atoms with van der Waals surface area (Å²) in [6.45, 7) is 2.63. The van der Waals surface area contributed by atoms with Crippen molar-refractivity contribution in [2.45, 2.75) is 37.8 Å². The fraction of sp³-hybridized carbons (Fsp3) is 0.917. The summed E-state index contributed by atoms with van der Waals surface area (Å²) >= 11 is 0. The average molecular weight is 224 g/mol. The highest BCUT2D eigenvalue weighted by molar-refractivity contribution is 5.79. The molecule has 0 aromatic rings. The van der Waals surface area contributed by atoms with Crippen LogP contribution in [0.5, 0.6) is 0 Å². The molecule has 16 heavy (non-hydrogen) atoms. The molecule has 0 aromatic carbocycles. The first kappa shape index (κ1) is 10.5. The molecular weight excluding hydrogens is 204 g/mol. The lowest BCUT2D eigenvalue weighted by Gasteiger charge is -2.21. The largest absolute Gasteiger partial charge is 0.376 e. The van der Waals surface area contributed by atoms with E-state index in [1.807, 2.05) is 0 Å². The van der Waals surface area contributed by atoms with Crippen LogP contribution in [-0.2, 0) is 9.53 Å². The van der Waals surface area contributed by atoms with Gasteiger partial charge in [-0.15, -0.1) is 0 Å². The molecule has 3 unspecified atom stereocenters. The minimum atomic E-state index is 0.181. The Morgan fingerprint density at radius 2 is 2.12 bits per heavy atom. The van der Waals surface area contributed by atoms with Crippen molar-refractivity contribution < 1.29 is 9.53 Å². The van der Waals surface area contributed by atoms with Gasteiger partial charge < -0.3 is 15.4 Å². The van der Waals surface area contributed by atoms with E-state index in [-0.39, 0.29) is 17.9 Å². The Bertz CT molecular complexity index is 272. The number of ether oxygens (including phenoxy) is 1. The van der Waals surface area contributed by atoms with Crippen molar-refractivity contribution in [3.05, 3.63) is 0 Å². The summed E-state index contributed by atoms with van der Waals surface area (Å²) in [5.74, 6) is 1.13. The Morgan fingerprint density at radius 3 is 2.81 bits per heavy atom. The first-order valence-electron chi connectivity index (χ1n) is 6.47. The number of rotatable bonds is 3. The summed E-state index contributed by atoms with van der Waals surface area (Å²) in [6, 6.07) is 0.278. The minimum Gasteiger partial charge on any atom is -0.376 e. The molecule has 3 aliphatic rings. The molecule has 4 nitrogen and oxygen atoms in total. The van der Waals surface area contributed by atoms with Gasteiger partial charge in [-0.25, -0.2) is 0 Å². The van der Waals surface area contributed by atoms with Gasteiger partial charge in [-0.05, 0) is 38.1 Å². The molecule has 2 saturated heterocycles. The van der Waals surface area contributed by atoms with Gasteiger partial charge >= 0.3 is 0 Å². The summed E-state index contributed by atoms with van der Waals surface area (Å²) in [6.07, 6.45) is 4.84. The van der Waals surface area contributed by atoms with Gasteiger partial charge in [-0.1, -0.05) is 0 Å². The van der Waals surface area contributed by atoms with Gasteiger partial charge in [0.2, 0.25) is 5.91 Å². The third-order valence-electron chi connectivity index (χ3n) is 3.98. The van der Waals surface area contributed by atoms with Crippen molar-refractivity contribution in [1.29, 1.82) is 0 Å². The van der Waals surface area contributed by atoms with Crippen LogP contribution >= 0.6 is 0 Å². The normalized spacial score (nSPS) is 38.9. The fourth-order valence-electron chi connectivity index (χ4n) is 2.83. The molecule has 3 fully saturated rings. The number of hydrogen-bond donors (Lipinski definition) is 2. The van der Waals surface area contributed by atoms with Crippen LogP contribution in [0.4, 0.5) is 0 Å². The fourth-order valence-corrected chi connectivity index (χ4v) is 2.83. The van der Waals surface area contributed by atoms with E-state index in [4.69, 9.17) is 4.74 Å². The zero-order chi connectivity index (χ0) is 11.0. The molecule has 2 N–H and O–H groups in total. The van der Waals surface area contributed by atoms with Gasteiger partial charge in [0, 0.05) is 13.2 Å². The van der Waals surface area contributed by atoms with Gasteiger partial charge in [0.15, 0.2) is 0 Å². The van der Waals surface area contributed by atoms with E-state index in [1.165, 1.54) is 12.8 Å². The topological polar surface area (TPSA) is 50.4 Å². The average Bonchev–Trinajstić information content (AvgIpc) is 2.83. The summed E-state index contributed by atoms with van der Waals surface area (Å²) in [7, 11) is 0. The predicted octanol–water partition coefficient (Wildman–Crippen LogP) is 0.280. The molecule has 0 radical (unpaired) electrons. The van der Waals surface area contributed by atoms with Crippen LogP contribution in [0.2, 0.25) is 0 Å². The van der Waals surface area contributed by atoms with Crippen molar-refractivity contribution >= 4 is 5.91 Å². The number of nitrogens with one attached hydrogen (secondary N) is 2. The molecule has 4 heteroatoms. The third kappa shape index (κ3) is 2.09. The van der Waals surface area contributed by atoms with Crippen molar-refractivity contribution in [2.75, 3.05) is 19.7 Å². The summed E-state index contributed by atoms with van der Waals surface area (Å²) in [5.41, 5.74) is 0. The maximum atomic E-state index is 12.0. The molecule has 1 amide bonds. The number of hydrogen-bond acceptors (Lipinski definition) is 3. The number of carbonyl (C=O) groups excluding carboxylic acids is 1. The first-order chi connectivity index (χ1) is 7.84. The van der Waals surface area contributed by atoms with Gasteiger partial charge in [0.25, 0.3) is 0 Å². The van der Waals surface area contributed by atoms with E-state index in [9.17, 15) is 4.79 Å². The Kier molecular flexibility index (Phi) is 2.86. The Labute approximate surface area is 96.1 Å². The lowest BCUT2D eigenvalue weighted by molar-refractivity contribution is -0.125. The maximum Gasteiger partial charge on any atom is 0.224 e. The molecule has 3 rings (SSSR count). The highest BCUT2D eigenvalue weighted by Gasteiger charge is 2.41. The zero-order valence-corrected chi connectivity index (χ0v) is 9.58. The Morgan fingerprint density at radius 1 is 1.25 bits per heavy atom. The molecule has 2 aliphatic heterocycles. The Hall–Kier alpha value is -0.610. The van der Waals surface area contributed by atoms with Crippen LogP contribution in [-0.4, -0.2) is 37.7 Å². The SMILES string of the molecule is O=C(NC1CCOC1C1CC1)C1CCNC1. The highest BCUT2D eigenvalue weighted by Crippen LogP contribution is 2.38. The lowest BCUT2D eigenvalue weighted by Crippen LogP contribution is -2.44. The molecule has 2 heterocycles. The molecule has 90 valence electrons. The van der Waals surface area contributed by atoms with Crippen LogP contribution in [0.1, 0.15) is 25.7 Å². The van der Waals surface area contributed by atoms with Crippen molar-refractivity contribution in [3.8, 4) is 0 Å². The molecular formula is C12H20N2O2. The predicted molar refractivity (Wildman–Crippen MR) is 60.0 cm³/mol. The molecule has 1 saturated carbocycles. The van der Waals surface area contributed by atoms with Crippen molar-refractivity contribution in [1.82, 2.24) is 10.6 Å². The van der Waals surface area contributed by atoms with Crippen LogP contribution in [0, 0.1) is 11.8 Å². The minimum absolute atomic E-state index is 0.181. The second kappa shape index (κ2) is 4.34. The lowest BCUT2D eigenvalue weighted by atomic mass is 10.0. The van der Waals surface area contributed by atoms with Gasteiger partial charge in [-0.2, -0.15) is 0 Å². The second-order valence-corrected chi connectivity index (χ2v) is 5.27. The van der Waals surface area contributed by atoms with Gasteiger partial charge in [0.05, 0.1) is 18.1 Å². The summed E-state index contributed by atoms with van der Waals surface area (Å²) in [5, 5.41) is 6.42. The van der Waals surface area contributed by atoms with E-state index in [2.05, 4.69) is 10.6 Å². The third-order valence-corrected chi connectivity index (χ3v) is 3.98. The van der Waals surface area contributed by atoms with E-state index in [1.54, 1.807) is 0 Å².